The largest absolute Gasteiger partial charge is 0.488 e. The SMILES string of the molecule is CCCC1Oc2c(C)cc(Cl)cc2C1N. The Morgan fingerprint density at radius 3 is 2.87 bits per heavy atom. The number of benzene rings is 1. The van der Waals surface area contributed by atoms with Gasteiger partial charge in [-0.25, -0.2) is 0 Å². The first kappa shape index (κ1) is 10.8. The minimum absolute atomic E-state index is 0.0302. The van der Waals surface area contributed by atoms with E-state index in [1.165, 1.54) is 0 Å². The summed E-state index contributed by atoms with van der Waals surface area (Å²) in [4.78, 5) is 0. The van der Waals surface area contributed by atoms with Crippen molar-refractivity contribution in [1.82, 2.24) is 0 Å². The Labute approximate surface area is 95.4 Å². The first-order valence-corrected chi connectivity index (χ1v) is 5.73. The van der Waals surface area contributed by atoms with Gasteiger partial charge in [0.25, 0.3) is 0 Å². The Kier molecular flexibility index (Phi) is 2.89. The summed E-state index contributed by atoms with van der Waals surface area (Å²) in [5.41, 5.74) is 8.26. The second-order valence-electron chi connectivity index (χ2n) is 4.11. The quantitative estimate of drug-likeness (QED) is 0.839. The molecule has 0 spiro atoms. The number of nitrogens with two attached hydrogens (primary N) is 1. The number of hydrogen-bond acceptors (Lipinski definition) is 2. The number of ether oxygens (including phenoxy) is 1. The highest BCUT2D eigenvalue weighted by Crippen LogP contribution is 2.40. The predicted molar refractivity (Wildman–Crippen MR) is 62.4 cm³/mol. The zero-order chi connectivity index (χ0) is 11.0. The number of hydrogen-bond donors (Lipinski definition) is 1. The Hall–Kier alpha value is -0.730. The number of halogens is 1. The first-order valence-electron chi connectivity index (χ1n) is 5.35. The maximum Gasteiger partial charge on any atom is 0.127 e. The molecule has 0 saturated carbocycles. The molecule has 2 nitrogen and oxygen atoms in total. The van der Waals surface area contributed by atoms with Crippen molar-refractivity contribution in [2.45, 2.75) is 38.8 Å². The molecule has 0 bridgehead atoms. The number of aryl methyl sites for hydroxylation is 1. The van der Waals surface area contributed by atoms with Gasteiger partial charge in [0, 0.05) is 10.6 Å². The van der Waals surface area contributed by atoms with Crippen LogP contribution in [0.5, 0.6) is 5.75 Å². The highest BCUT2D eigenvalue weighted by Gasteiger charge is 2.32. The lowest BCUT2D eigenvalue weighted by Gasteiger charge is -2.13. The molecule has 1 heterocycles. The van der Waals surface area contributed by atoms with Gasteiger partial charge in [-0.15, -0.1) is 0 Å². The third-order valence-corrected chi connectivity index (χ3v) is 3.09. The maximum absolute atomic E-state index is 6.13. The molecular formula is C12H16ClNO. The Bertz CT molecular complexity index is 378. The van der Waals surface area contributed by atoms with Crippen molar-refractivity contribution < 1.29 is 4.74 Å². The molecule has 0 aromatic heterocycles. The van der Waals surface area contributed by atoms with Crippen molar-refractivity contribution in [3.8, 4) is 5.75 Å². The van der Waals surface area contributed by atoms with Gasteiger partial charge in [-0.1, -0.05) is 24.9 Å². The normalized spacial score (nSPS) is 23.7. The van der Waals surface area contributed by atoms with E-state index in [-0.39, 0.29) is 12.1 Å². The molecule has 1 aliphatic rings. The van der Waals surface area contributed by atoms with E-state index in [0.717, 1.165) is 34.7 Å². The predicted octanol–water partition coefficient (Wildman–Crippen LogP) is 3.21. The number of rotatable bonds is 2. The lowest BCUT2D eigenvalue weighted by atomic mass is 10.0. The smallest absolute Gasteiger partial charge is 0.127 e. The van der Waals surface area contributed by atoms with E-state index in [0.29, 0.717) is 0 Å². The highest BCUT2D eigenvalue weighted by atomic mass is 35.5. The molecule has 0 fully saturated rings. The fourth-order valence-electron chi connectivity index (χ4n) is 2.11. The van der Waals surface area contributed by atoms with E-state index in [1.54, 1.807) is 0 Å². The molecule has 0 radical (unpaired) electrons. The molecule has 2 atom stereocenters. The van der Waals surface area contributed by atoms with Crippen LogP contribution in [0.2, 0.25) is 5.02 Å². The molecule has 0 amide bonds. The highest BCUT2D eigenvalue weighted by molar-refractivity contribution is 6.30. The summed E-state index contributed by atoms with van der Waals surface area (Å²) in [6.07, 6.45) is 2.19. The van der Waals surface area contributed by atoms with Crippen molar-refractivity contribution in [3.05, 3.63) is 28.3 Å². The lowest BCUT2D eigenvalue weighted by molar-refractivity contribution is 0.194. The molecule has 0 aliphatic carbocycles. The van der Waals surface area contributed by atoms with Gasteiger partial charge in [0.1, 0.15) is 11.9 Å². The standard InChI is InChI=1S/C12H16ClNO/c1-3-4-10-11(14)9-6-8(13)5-7(2)12(9)15-10/h5-6,10-11H,3-4,14H2,1-2H3. The molecule has 1 aromatic rings. The minimum atomic E-state index is -0.0302. The van der Waals surface area contributed by atoms with Gasteiger partial charge < -0.3 is 10.5 Å². The van der Waals surface area contributed by atoms with Crippen LogP contribution < -0.4 is 10.5 Å². The summed E-state index contributed by atoms with van der Waals surface area (Å²) < 4.78 is 5.86. The van der Waals surface area contributed by atoms with Crippen LogP contribution in [0.25, 0.3) is 0 Å². The zero-order valence-corrected chi connectivity index (χ0v) is 9.84. The summed E-state index contributed by atoms with van der Waals surface area (Å²) in [5.74, 6) is 0.936. The van der Waals surface area contributed by atoms with Crippen molar-refractivity contribution in [2.75, 3.05) is 0 Å². The maximum atomic E-state index is 6.13. The topological polar surface area (TPSA) is 35.2 Å². The summed E-state index contributed by atoms with van der Waals surface area (Å²) in [6, 6.07) is 3.81. The van der Waals surface area contributed by atoms with Gasteiger partial charge in [0.2, 0.25) is 0 Å². The van der Waals surface area contributed by atoms with Crippen LogP contribution in [0.1, 0.15) is 36.9 Å². The molecular weight excluding hydrogens is 210 g/mol. The van der Waals surface area contributed by atoms with Gasteiger partial charge in [0.15, 0.2) is 0 Å². The second kappa shape index (κ2) is 4.03. The van der Waals surface area contributed by atoms with Gasteiger partial charge >= 0.3 is 0 Å². The van der Waals surface area contributed by atoms with Crippen LogP contribution in [-0.2, 0) is 0 Å². The van der Waals surface area contributed by atoms with E-state index >= 15 is 0 Å². The van der Waals surface area contributed by atoms with Gasteiger partial charge in [-0.2, -0.15) is 0 Å². The second-order valence-corrected chi connectivity index (χ2v) is 4.55. The van der Waals surface area contributed by atoms with Crippen LogP contribution in [0.4, 0.5) is 0 Å². The molecule has 2 rings (SSSR count). The van der Waals surface area contributed by atoms with E-state index in [2.05, 4.69) is 6.92 Å². The van der Waals surface area contributed by atoms with Crippen LogP contribution in [-0.4, -0.2) is 6.10 Å². The Morgan fingerprint density at radius 1 is 1.47 bits per heavy atom. The molecule has 2 unspecified atom stereocenters. The van der Waals surface area contributed by atoms with Crippen molar-refractivity contribution in [2.24, 2.45) is 5.73 Å². The van der Waals surface area contributed by atoms with Gasteiger partial charge in [0.05, 0.1) is 6.04 Å². The molecule has 0 saturated heterocycles. The fourth-order valence-corrected chi connectivity index (χ4v) is 2.39. The summed E-state index contributed by atoms with van der Waals surface area (Å²) >= 11 is 6.01. The summed E-state index contributed by atoms with van der Waals surface area (Å²) in [5, 5.41) is 0.738. The van der Waals surface area contributed by atoms with Crippen LogP contribution in [0.3, 0.4) is 0 Å². The number of fused-ring (bicyclic) bond motifs is 1. The van der Waals surface area contributed by atoms with Crippen molar-refractivity contribution >= 4 is 11.6 Å². The van der Waals surface area contributed by atoms with Crippen LogP contribution in [0.15, 0.2) is 12.1 Å². The summed E-state index contributed by atoms with van der Waals surface area (Å²) in [6.45, 7) is 4.14. The van der Waals surface area contributed by atoms with Gasteiger partial charge in [-0.3, -0.25) is 0 Å². The first-order chi connectivity index (χ1) is 7.13. The van der Waals surface area contributed by atoms with E-state index in [1.807, 2.05) is 19.1 Å². The van der Waals surface area contributed by atoms with Crippen molar-refractivity contribution in [3.63, 3.8) is 0 Å². The van der Waals surface area contributed by atoms with Crippen LogP contribution >= 0.6 is 11.6 Å². The molecule has 3 heteroatoms. The third-order valence-electron chi connectivity index (χ3n) is 2.87. The lowest BCUT2D eigenvalue weighted by Crippen LogP contribution is -2.24. The van der Waals surface area contributed by atoms with E-state index in [9.17, 15) is 0 Å². The van der Waals surface area contributed by atoms with Crippen LogP contribution in [0, 0.1) is 6.92 Å². The molecule has 82 valence electrons. The third kappa shape index (κ3) is 1.84. The Balaban J connectivity index is 2.36. The minimum Gasteiger partial charge on any atom is -0.488 e. The zero-order valence-electron chi connectivity index (χ0n) is 9.09. The van der Waals surface area contributed by atoms with Crippen molar-refractivity contribution in [1.29, 1.82) is 0 Å². The summed E-state index contributed by atoms with van der Waals surface area (Å²) in [7, 11) is 0. The van der Waals surface area contributed by atoms with E-state index < -0.39 is 0 Å². The van der Waals surface area contributed by atoms with Gasteiger partial charge in [-0.05, 0) is 31.0 Å². The average molecular weight is 226 g/mol. The molecule has 15 heavy (non-hydrogen) atoms. The Morgan fingerprint density at radius 2 is 2.20 bits per heavy atom. The average Bonchev–Trinajstić information content (AvgIpc) is 2.47. The molecule has 1 aromatic carbocycles. The monoisotopic (exact) mass is 225 g/mol. The van der Waals surface area contributed by atoms with E-state index in [4.69, 9.17) is 22.1 Å². The molecule has 1 aliphatic heterocycles. The molecule has 2 N–H and O–H groups in total. The fraction of sp³-hybridized carbons (Fsp3) is 0.500.